The molecule has 7 heteroatoms. The van der Waals surface area contributed by atoms with Gasteiger partial charge in [0, 0.05) is 5.02 Å². The van der Waals surface area contributed by atoms with Gasteiger partial charge < -0.3 is 4.74 Å². The van der Waals surface area contributed by atoms with Gasteiger partial charge in [-0.3, -0.25) is 14.5 Å². The molecule has 0 spiro atoms. The number of carbonyl (C=O) groups excluding carboxylic acids is 3. The fourth-order valence-corrected chi connectivity index (χ4v) is 1.95. The number of esters is 1. The second-order valence-corrected chi connectivity index (χ2v) is 4.19. The Hall–Kier alpha value is -1.95. The molecule has 0 fully saturated rings. The number of anilines is 1. The summed E-state index contributed by atoms with van der Waals surface area (Å²) in [4.78, 5) is 35.2. The van der Waals surface area contributed by atoms with Gasteiger partial charge in [0.05, 0.1) is 17.9 Å². The van der Waals surface area contributed by atoms with Crippen molar-refractivity contribution >= 4 is 34.9 Å². The molecular weight excluding hydrogens is 277 g/mol. The molecule has 1 atom stereocenters. The minimum absolute atomic E-state index is 0.0138. The molecule has 1 amide bonds. The summed E-state index contributed by atoms with van der Waals surface area (Å²) in [6.45, 7) is 1.48. The summed E-state index contributed by atoms with van der Waals surface area (Å²) >= 11 is 5.71. The molecular formula is C12H9ClFNO4. The molecule has 0 saturated carbocycles. The number of rotatable bonds is 3. The Morgan fingerprint density at radius 1 is 1.47 bits per heavy atom. The van der Waals surface area contributed by atoms with Crippen LogP contribution in [0.1, 0.15) is 17.3 Å². The number of alkyl halides is 1. The van der Waals surface area contributed by atoms with Crippen molar-refractivity contribution in [1.82, 2.24) is 0 Å². The van der Waals surface area contributed by atoms with Crippen molar-refractivity contribution < 1.29 is 23.5 Å². The summed E-state index contributed by atoms with van der Waals surface area (Å²) in [5, 5.41) is 0.244. The van der Waals surface area contributed by atoms with E-state index in [1.165, 1.54) is 25.1 Å². The molecule has 1 unspecified atom stereocenters. The van der Waals surface area contributed by atoms with Crippen LogP contribution in [0.15, 0.2) is 18.2 Å². The largest absolute Gasteiger partial charge is 0.462 e. The topological polar surface area (TPSA) is 63.7 Å². The first kappa shape index (κ1) is 13.5. The predicted octanol–water partition coefficient (Wildman–Crippen LogP) is 1.73. The number of nitrogens with zero attached hydrogens (tertiary/aromatic N) is 1. The van der Waals surface area contributed by atoms with Gasteiger partial charge in [0.25, 0.3) is 12.1 Å². The number of ether oxygens (including phenoxy) is 1. The Labute approximate surface area is 112 Å². The highest BCUT2D eigenvalue weighted by molar-refractivity contribution is 6.53. The lowest BCUT2D eigenvalue weighted by atomic mass is 10.1. The summed E-state index contributed by atoms with van der Waals surface area (Å²) in [6.07, 6.45) is -2.35. The van der Waals surface area contributed by atoms with Crippen molar-refractivity contribution in [1.29, 1.82) is 0 Å². The van der Waals surface area contributed by atoms with E-state index in [1.807, 2.05) is 0 Å². The summed E-state index contributed by atoms with van der Waals surface area (Å²) in [7, 11) is 0. The summed E-state index contributed by atoms with van der Waals surface area (Å²) in [5.74, 6) is -3.23. The van der Waals surface area contributed by atoms with Crippen molar-refractivity contribution in [2.24, 2.45) is 0 Å². The van der Waals surface area contributed by atoms with E-state index in [1.54, 1.807) is 0 Å². The molecule has 19 heavy (non-hydrogen) atoms. The van der Waals surface area contributed by atoms with E-state index >= 15 is 0 Å². The number of ketones is 1. The van der Waals surface area contributed by atoms with E-state index in [4.69, 9.17) is 11.6 Å². The lowest BCUT2D eigenvalue weighted by Gasteiger charge is -2.19. The van der Waals surface area contributed by atoms with Crippen LogP contribution in [0.2, 0.25) is 5.02 Å². The lowest BCUT2D eigenvalue weighted by Crippen LogP contribution is -2.42. The van der Waals surface area contributed by atoms with Gasteiger partial charge in [-0.2, -0.15) is 0 Å². The van der Waals surface area contributed by atoms with E-state index in [2.05, 4.69) is 4.74 Å². The van der Waals surface area contributed by atoms with Gasteiger partial charge in [0.2, 0.25) is 0 Å². The monoisotopic (exact) mass is 285 g/mol. The third kappa shape index (κ3) is 2.19. The molecule has 5 nitrogen and oxygen atoms in total. The fraction of sp³-hybridized carbons (Fsp3) is 0.250. The third-order valence-corrected chi connectivity index (χ3v) is 2.82. The quantitative estimate of drug-likeness (QED) is 0.482. The van der Waals surface area contributed by atoms with Gasteiger partial charge >= 0.3 is 11.9 Å². The summed E-state index contributed by atoms with van der Waals surface area (Å²) < 4.78 is 18.4. The number of hydrogen-bond acceptors (Lipinski definition) is 4. The molecule has 0 N–H and O–H groups in total. The third-order valence-electron chi connectivity index (χ3n) is 2.58. The normalized spacial score (nSPS) is 15.4. The molecule has 0 saturated heterocycles. The van der Waals surface area contributed by atoms with E-state index in [-0.39, 0.29) is 22.9 Å². The standard InChI is InChI=1S/C12H9ClFNO4/c1-2-19-12(18)10(14)15-8-4-3-6(13)5-7(8)9(16)11(15)17/h3-5,10H,2H2,1H3. The van der Waals surface area contributed by atoms with Crippen LogP contribution in [0.25, 0.3) is 0 Å². The minimum atomic E-state index is -2.35. The van der Waals surface area contributed by atoms with Crippen LogP contribution in [-0.4, -0.2) is 30.6 Å². The zero-order valence-electron chi connectivity index (χ0n) is 9.85. The molecule has 1 aliphatic rings. The minimum Gasteiger partial charge on any atom is -0.462 e. The van der Waals surface area contributed by atoms with Crippen molar-refractivity contribution in [2.75, 3.05) is 11.5 Å². The van der Waals surface area contributed by atoms with Crippen molar-refractivity contribution in [3.05, 3.63) is 28.8 Å². The Kier molecular flexibility index (Phi) is 3.53. The molecule has 2 rings (SSSR count). The average molecular weight is 286 g/mol. The number of hydrogen-bond donors (Lipinski definition) is 0. The van der Waals surface area contributed by atoms with Crippen LogP contribution in [0, 0.1) is 0 Å². The van der Waals surface area contributed by atoms with E-state index in [9.17, 15) is 18.8 Å². The molecule has 0 aromatic heterocycles. The zero-order chi connectivity index (χ0) is 14.2. The number of halogens is 2. The first-order valence-electron chi connectivity index (χ1n) is 5.45. The molecule has 1 aliphatic heterocycles. The smallest absolute Gasteiger partial charge is 0.362 e. The Balaban J connectivity index is 2.41. The van der Waals surface area contributed by atoms with Gasteiger partial charge in [-0.1, -0.05) is 11.6 Å². The van der Waals surface area contributed by atoms with Gasteiger partial charge in [0.1, 0.15) is 0 Å². The van der Waals surface area contributed by atoms with Crippen molar-refractivity contribution in [3.8, 4) is 0 Å². The molecule has 1 aromatic rings. The number of fused-ring (bicyclic) bond motifs is 1. The Morgan fingerprint density at radius 3 is 2.79 bits per heavy atom. The van der Waals surface area contributed by atoms with Crippen LogP contribution in [0.4, 0.5) is 10.1 Å². The SMILES string of the molecule is CCOC(=O)C(F)N1C(=O)C(=O)c2cc(Cl)ccc21. The number of carbonyl (C=O) groups is 3. The van der Waals surface area contributed by atoms with Gasteiger partial charge in [-0.05, 0) is 25.1 Å². The molecule has 0 bridgehead atoms. The van der Waals surface area contributed by atoms with E-state index in [0.717, 1.165) is 0 Å². The molecule has 1 aromatic carbocycles. The maximum absolute atomic E-state index is 13.9. The van der Waals surface area contributed by atoms with Crippen LogP contribution in [0.3, 0.4) is 0 Å². The first-order chi connectivity index (χ1) is 8.97. The van der Waals surface area contributed by atoms with Gasteiger partial charge in [-0.25, -0.2) is 9.18 Å². The number of benzene rings is 1. The lowest BCUT2D eigenvalue weighted by molar-refractivity contribution is -0.150. The molecule has 0 radical (unpaired) electrons. The average Bonchev–Trinajstić information content (AvgIpc) is 2.62. The van der Waals surface area contributed by atoms with E-state index in [0.29, 0.717) is 4.90 Å². The van der Waals surface area contributed by atoms with Crippen molar-refractivity contribution in [2.45, 2.75) is 13.2 Å². The van der Waals surface area contributed by atoms with Crippen LogP contribution in [-0.2, 0) is 14.3 Å². The number of Topliss-reactive ketones (excluding diaryl/α,β-unsaturated/α-hetero) is 1. The predicted molar refractivity (Wildman–Crippen MR) is 64.8 cm³/mol. The highest BCUT2D eigenvalue weighted by Crippen LogP contribution is 2.33. The van der Waals surface area contributed by atoms with Crippen LogP contribution >= 0.6 is 11.6 Å². The second kappa shape index (κ2) is 4.97. The van der Waals surface area contributed by atoms with Gasteiger partial charge in [-0.15, -0.1) is 0 Å². The summed E-state index contributed by atoms with van der Waals surface area (Å²) in [6, 6.07) is 3.97. The highest BCUT2D eigenvalue weighted by Gasteiger charge is 2.43. The Morgan fingerprint density at radius 2 is 2.16 bits per heavy atom. The van der Waals surface area contributed by atoms with Crippen LogP contribution in [0.5, 0.6) is 0 Å². The number of amides is 1. The molecule has 1 heterocycles. The maximum atomic E-state index is 13.9. The molecule has 100 valence electrons. The fourth-order valence-electron chi connectivity index (χ4n) is 1.78. The van der Waals surface area contributed by atoms with E-state index < -0.39 is 24.0 Å². The Bertz CT molecular complexity index is 575. The maximum Gasteiger partial charge on any atom is 0.362 e. The van der Waals surface area contributed by atoms with Gasteiger partial charge in [0.15, 0.2) is 0 Å². The highest BCUT2D eigenvalue weighted by atomic mass is 35.5. The van der Waals surface area contributed by atoms with Crippen LogP contribution < -0.4 is 4.90 Å². The summed E-state index contributed by atoms with van der Waals surface area (Å²) in [5.41, 5.74) is -0.00981. The first-order valence-corrected chi connectivity index (χ1v) is 5.83. The van der Waals surface area contributed by atoms with Crippen molar-refractivity contribution in [3.63, 3.8) is 0 Å². The zero-order valence-corrected chi connectivity index (χ0v) is 10.6. The second-order valence-electron chi connectivity index (χ2n) is 3.75. The molecule has 0 aliphatic carbocycles.